The summed E-state index contributed by atoms with van der Waals surface area (Å²) in [6.45, 7) is 5.75. The van der Waals surface area contributed by atoms with Gasteiger partial charge in [-0.3, -0.25) is 14.9 Å². The fourth-order valence-corrected chi connectivity index (χ4v) is 4.01. The summed E-state index contributed by atoms with van der Waals surface area (Å²) >= 11 is 1.37. The van der Waals surface area contributed by atoms with Crippen molar-refractivity contribution in [2.75, 3.05) is 24.3 Å². The maximum atomic E-state index is 12.2. The van der Waals surface area contributed by atoms with Crippen LogP contribution in [0, 0.1) is 5.92 Å². The van der Waals surface area contributed by atoms with Gasteiger partial charge in [-0.1, -0.05) is 25.6 Å². The number of imide groups is 1. The van der Waals surface area contributed by atoms with Crippen molar-refractivity contribution >= 4 is 35.3 Å². The van der Waals surface area contributed by atoms with Crippen molar-refractivity contribution in [2.24, 2.45) is 11.7 Å². The van der Waals surface area contributed by atoms with Crippen molar-refractivity contribution < 1.29 is 23.9 Å². The summed E-state index contributed by atoms with van der Waals surface area (Å²) in [5, 5.41) is 13.9. The zero-order chi connectivity index (χ0) is 23.8. The van der Waals surface area contributed by atoms with Gasteiger partial charge in [0.05, 0.1) is 0 Å². The molecule has 0 fully saturated rings. The number of fused-ring (bicyclic) bond motifs is 1. The average molecular weight is 477 g/mol. The highest BCUT2D eigenvalue weighted by atomic mass is 32.2. The number of amides is 4. The highest BCUT2D eigenvalue weighted by molar-refractivity contribution is 7.99. The summed E-state index contributed by atoms with van der Waals surface area (Å²) in [5.41, 5.74) is 5.73. The van der Waals surface area contributed by atoms with Gasteiger partial charge in [-0.2, -0.15) is 0 Å². The SMILES string of the molecule is CC(C)Cn1c(CCC(N)=O)nnc1SCCC(=O)NC(=O)Nc1ccc2c(c1)OCCO2. The number of carbonyl (C=O) groups is 3. The zero-order valence-electron chi connectivity index (χ0n) is 18.6. The number of aryl methyl sites for hydroxylation is 1. The summed E-state index contributed by atoms with van der Waals surface area (Å²) in [6, 6.07) is 4.39. The molecule has 0 saturated heterocycles. The quantitative estimate of drug-likeness (QED) is 0.440. The molecule has 0 radical (unpaired) electrons. The van der Waals surface area contributed by atoms with Crippen molar-refractivity contribution in [1.29, 1.82) is 0 Å². The Morgan fingerprint density at radius 2 is 1.91 bits per heavy atom. The molecular weight excluding hydrogens is 448 g/mol. The molecule has 1 aromatic carbocycles. The Morgan fingerprint density at radius 1 is 1.15 bits per heavy atom. The van der Waals surface area contributed by atoms with E-state index >= 15 is 0 Å². The number of urea groups is 1. The van der Waals surface area contributed by atoms with Crippen molar-refractivity contribution in [2.45, 2.75) is 44.8 Å². The van der Waals surface area contributed by atoms with Gasteiger partial charge in [0, 0.05) is 43.3 Å². The highest BCUT2D eigenvalue weighted by Gasteiger charge is 2.16. The molecule has 178 valence electrons. The molecule has 11 nitrogen and oxygen atoms in total. The standard InChI is InChI=1S/C21H28N6O5S/c1-13(2)12-27-18(6-5-17(22)28)25-26-21(27)33-10-7-19(29)24-20(30)23-14-3-4-15-16(11-14)32-9-8-31-15/h3-4,11,13H,5-10,12H2,1-2H3,(H2,22,28)(H2,23,24,29,30). The maximum absolute atomic E-state index is 12.2. The summed E-state index contributed by atoms with van der Waals surface area (Å²) in [4.78, 5) is 35.4. The molecule has 33 heavy (non-hydrogen) atoms. The van der Waals surface area contributed by atoms with E-state index in [1.807, 2.05) is 4.57 Å². The number of primary amides is 1. The van der Waals surface area contributed by atoms with Crippen LogP contribution in [0.3, 0.4) is 0 Å². The lowest BCUT2D eigenvalue weighted by Gasteiger charge is -2.19. The van der Waals surface area contributed by atoms with Crippen LogP contribution in [0.25, 0.3) is 0 Å². The first-order valence-corrected chi connectivity index (χ1v) is 11.6. The molecule has 4 amide bonds. The number of nitrogens with two attached hydrogens (primary N) is 1. The van der Waals surface area contributed by atoms with Gasteiger partial charge < -0.3 is 25.1 Å². The number of nitrogens with zero attached hydrogens (tertiary/aromatic N) is 3. The van der Waals surface area contributed by atoms with Gasteiger partial charge in [0.1, 0.15) is 19.0 Å². The molecule has 4 N–H and O–H groups in total. The first kappa shape index (κ1) is 24.4. The number of hydrogen-bond acceptors (Lipinski definition) is 8. The monoisotopic (exact) mass is 476 g/mol. The van der Waals surface area contributed by atoms with Gasteiger partial charge in [0.15, 0.2) is 16.7 Å². The summed E-state index contributed by atoms with van der Waals surface area (Å²) in [5.74, 6) is 1.80. The van der Waals surface area contributed by atoms with Crippen LogP contribution in [0.4, 0.5) is 10.5 Å². The van der Waals surface area contributed by atoms with E-state index in [-0.39, 0.29) is 12.8 Å². The number of thioether (sulfide) groups is 1. The first-order chi connectivity index (χ1) is 15.8. The van der Waals surface area contributed by atoms with Gasteiger partial charge in [-0.05, 0) is 18.1 Å². The largest absolute Gasteiger partial charge is 0.486 e. The van der Waals surface area contributed by atoms with Crippen LogP contribution in [-0.2, 0) is 22.6 Å². The van der Waals surface area contributed by atoms with E-state index in [2.05, 4.69) is 34.7 Å². The normalized spacial score (nSPS) is 12.5. The van der Waals surface area contributed by atoms with Gasteiger partial charge in [-0.15, -0.1) is 10.2 Å². The number of hydrogen-bond donors (Lipinski definition) is 3. The van der Waals surface area contributed by atoms with Crippen LogP contribution in [0.15, 0.2) is 23.4 Å². The Hall–Kier alpha value is -3.28. The van der Waals surface area contributed by atoms with Crippen molar-refractivity contribution in [3.8, 4) is 11.5 Å². The van der Waals surface area contributed by atoms with Crippen LogP contribution in [0.2, 0.25) is 0 Å². The van der Waals surface area contributed by atoms with E-state index in [1.54, 1.807) is 18.2 Å². The Morgan fingerprint density at radius 3 is 2.64 bits per heavy atom. The summed E-state index contributed by atoms with van der Waals surface area (Å²) < 4.78 is 12.9. The van der Waals surface area contributed by atoms with E-state index in [9.17, 15) is 14.4 Å². The molecule has 0 atom stereocenters. The molecule has 0 saturated carbocycles. The second kappa shape index (κ2) is 11.5. The zero-order valence-corrected chi connectivity index (χ0v) is 19.4. The topological polar surface area (TPSA) is 150 Å². The lowest BCUT2D eigenvalue weighted by Crippen LogP contribution is -2.34. The fourth-order valence-electron chi connectivity index (χ4n) is 3.10. The molecule has 12 heteroatoms. The van der Waals surface area contributed by atoms with Gasteiger partial charge in [-0.25, -0.2) is 4.79 Å². The minimum Gasteiger partial charge on any atom is -0.486 e. The van der Waals surface area contributed by atoms with Gasteiger partial charge >= 0.3 is 6.03 Å². The number of anilines is 1. The molecular formula is C21H28N6O5S. The number of rotatable bonds is 10. The van der Waals surface area contributed by atoms with Crippen molar-refractivity contribution in [1.82, 2.24) is 20.1 Å². The molecule has 0 bridgehead atoms. The van der Waals surface area contributed by atoms with Crippen molar-refractivity contribution in [3.63, 3.8) is 0 Å². The van der Waals surface area contributed by atoms with Crippen molar-refractivity contribution in [3.05, 3.63) is 24.0 Å². The van der Waals surface area contributed by atoms with E-state index in [4.69, 9.17) is 15.2 Å². The predicted octanol–water partition coefficient (Wildman–Crippen LogP) is 1.95. The lowest BCUT2D eigenvalue weighted by molar-refractivity contribution is -0.119. The Kier molecular flexibility index (Phi) is 8.52. The first-order valence-electron chi connectivity index (χ1n) is 10.7. The molecule has 1 aromatic heterocycles. The Labute approximate surface area is 195 Å². The van der Waals surface area contributed by atoms with Crippen LogP contribution in [0.1, 0.15) is 32.5 Å². The second-order valence-electron chi connectivity index (χ2n) is 7.83. The fraction of sp³-hybridized carbons (Fsp3) is 0.476. The summed E-state index contributed by atoms with van der Waals surface area (Å²) in [7, 11) is 0. The third-order valence-corrected chi connectivity index (χ3v) is 5.52. The van der Waals surface area contributed by atoms with Crippen LogP contribution < -0.4 is 25.8 Å². The van der Waals surface area contributed by atoms with E-state index in [0.29, 0.717) is 66.0 Å². The van der Waals surface area contributed by atoms with Crippen LogP contribution in [0.5, 0.6) is 11.5 Å². The molecule has 0 spiro atoms. The number of nitrogens with one attached hydrogen (secondary N) is 2. The third-order valence-electron chi connectivity index (χ3n) is 4.55. The predicted molar refractivity (Wildman–Crippen MR) is 122 cm³/mol. The second-order valence-corrected chi connectivity index (χ2v) is 8.89. The number of ether oxygens (including phenoxy) is 2. The molecule has 1 aliphatic rings. The number of carbonyl (C=O) groups excluding carboxylic acids is 3. The van der Waals surface area contributed by atoms with E-state index in [1.165, 1.54) is 11.8 Å². The highest BCUT2D eigenvalue weighted by Crippen LogP contribution is 2.32. The van der Waals surface area contributed by atoms with E-state index in [0.717, 1.165) is 0 Å². The van der Waals surface area contributed by atoms with Crippen LogP contribution >= 0.6 is 11.8 Å². The van der Waals surface area contributed by atoms with Crippen LogP contribution in [-0.4, -0.2) is 51.6 Å². The van der Waals surface area contributed by atoms with Gasteiger partial charge in [0.25, 0.3) is 0 Å². The molecule has 3 rings (SSSR count). The molecule has 1 aliphatic heterocycles. The van der Waals surface area contributed by atoms with E-state index < -0.39 is 17.8 Å². The van der Waals surface area contributed by atoms with Gasteiger partial charge in [0.2, 0.25) is 11.8 Å². The minimum atomic E-state index is -0.626. The molecule has 0 aliphatic carbocycles. The number of aromatic nitrogens is 3. The Balaban J connectivity index is 1.47. The average Bonchev–Trinajstić information content (AvgIpc) is 3.12. The smallest absolute Gasteiger partial charge is 0.325 e. The molecule has 2 aromatic rings. The Bertz CT molecular complexity index is 1010. The minimum absolute atomic E-state index is 0.115. The maximum Gasteiger partial charge on any atom is 0.325 e. The number of benzene rings is 1. The third kappa shape index (κ3) is 7.38. The summed E-state index contributed by atoms with van der Waals surface area (Å²) in [6.07, 6.45) is 0.724. The lowest BCUT2D eigenvalue weighted by atomic mass is 10.2. The molecule has 2 heterocycles. The molecule has 0 unspecified atom stereocenters.